The van der Waals surface area contributed by atoms with E-state index in [9.17, 15) is 4.79 Å². The van der Waals surface area contributed by atoms with E-state index in [2.05, 4.69) is 57.1 Å². The molecular formula is C31H33N5O2S. The second kappa shape index (κ2) is 11.3. The fourth-order valence-electron chi connectivity index (χ4n) is 5.37. The Morgan fingerprint density at radius 1 is 1.05 bits per heavy atom. The van der Waals surface area contributed by atoms with Crippen molar-refractivity contribution in [1.29, 1.82) is 0 Å². The lowest BCUT2D eigenvalue weighted by Crippen LogP contribution is -2.32. The molecule has 1 amide bonds. The maximum Gasteiger partial charge on any atom is 0.226 e. The number of hydrogen-bond donors (Lipinski definition) is 2. The molecule has 2 N–H and O–H groups in total. The first-order valence-electron chi connectivity index (χ1n) is 13.0. The molecule has 1 aliphatic rings. The van der Waals surface area contributed by atoms with Gasteiger partial charge in [0.2, 0.25) is 5.91 Å². The molecular weight excluding hydrogens is 506 g/mol. The van der Waals surface area contributed by atoms with Crippen molar-refractivity contribution < 1.29 is 9.53 Å². The molecule has 1 aliphatic heterocycles. The summed E-state index contributed by atoms with van der Waals surface area (Å²) < 4.78 is 7.60. The van der Waals surface area contributed by atoms with Crippen LogP contribution in [0.3, 0.4) is 0 Å². The van der Waals surface area contributed by atoms with Gasteiger partial charge in [0.05, 0.1) is 24.9 Å². The molecule has 1 fully saturated rings. The zero-order valence-electron chi connectivity index (χ0n) is 22.6. The molecule has 8 heteroatoms. The summed E-state index contributed by atoms with van der Waals surface area (Å²) in [6, 6.07) is 23.7. The number of thiocarbonyl (C=S) groups is 1. The summed E-state index contributed by atoms with van der Waals surface area (Å²) in [6.07, 6.45) is 2.11. The lowest BCUT2D eigenvalue weighted by molar-refractivity contribution is -0.116. The first-order valence-corrected chi connectivity index (χ1v) is 13.4. The van der Waals surface area contributed by atoms with Crippen molar-refractivity contribution in [3.05, 3.63) is 107 Å². The van der Waals surface area contributed by atoms with Crippen molar-refractivity contribution in [2.24, 2.45) is 0 Å². The van der Waals surface area contributed by atoms with Crippen LogP contribution in [0.4, 0.5) is 5.69 Å². The van der Waals surface area contributed by atoms with Crippen LogP contribution < -0.4 is 15.4 Å². The number of ether oxygens (including phenoxy) is 1. The van der Waals surface area contributed by atoms with Crippen LogP contribution in [0.25, 0.3) is 5.69 Å². The number of rotatable bonds is 8. The van der Waals surface area contributed by atoms with Crippen LogP contribution in [-0.4, -0.2) is 39.1 Å². The van der Waals surface area contributed by atoms with E-state index in [4.69, 9.17) is 17.0 Å². The van der Waals surface area contributed by atoms with Gasteiger partial charge in [-0.3, -0.25) is 9.78 Å². The smallest absolute Gasteiger partial charge is 0.226 e. The fourth-order valence-corrected chi connectivity index (χ4v) is 5.70. The van der Waals surface area contributed by atoms with Gasteiger partial charge in [-0.05, 0) is 98.7 Å². The molecule has 0 unspecified atom stereocenters. The number of benzene rings is 2. The largest absolute Gasteiger partial charge is 0.497 e. The normalized spacial score (nSPS) is 16.7. The molecule has 0 aliphatic carbocycles. The Balaban J connectivity index is 1.46. The summed E-state index contributed by atoms with van der Waals surface area (Å²) in [5.41, 5.74) is 7.24. The number of methoxy groups -OCH3 is 1. The molecule has 0 spiro atoms. The van der Waals surface area contributed by atoms with E-state index < -0.39 is 0 Å². The zero-order chi connectivity index (χ0) is 27.5. The van der Waals surface area contributed by atoms with E-state index in [0.29, 0.717) is 18.1 Å². The number of carbonyl (C=O) groups is 1. The summed E-state index contributed by atoms with van der Waals surface area (Å²) in [6.45, 7) is 6.72. The van der Waals surface area contributed by atoms with Gasteiger partial charge in [-0.1, -0.05) is 18.2 Å². The molecule has 2 aromatic carbocycles. The molecule has 3 heterocycles. The Morgan fingerprint density at radius 2 is 1.85 bits per heavy atom. The summed E-state index contributed by atoms with van der Waals surface area (Å²) in [5, 5.41) is 7.14. The van der Waals surface area contributed by atoms with Gasteiger partial charge in [0.15, 0.2) is 5.11 Å². The highest BCUT2D eigenvalue weighted by atomic mass is 32.1. The van der Waals surface area contributed by atoms with Crippen molar-refractivity contribution in [3.8, 4) is 11.4 Å². The monoisotopic (exact) mass is 539 g/mol. The SMILES string of the molecule is COc1ccc(-n2c(C)cc([C@H]3[C@H](c4ccccn4)NC(=S)N3CCC(=O)Nc3cccc(C)c3)c2C)cc1. The Bertz CT molecular complexity index is 1480. The van der Waals surface area contributed by atoms with Crippen LogP contribution in [0.2, 0.25) is 0 Å². The van der Waals surface area contributed by atoms with Crippen LogP contribution >= 0.6 is 12.2 Å². The molecule has 2 aromatic heterocycles. The number of pyridine rings is 1. The molecule has 4 aromatic rings. The number of aryl methyl sites for hydroxylation is 2. The van der Waals surface area contributed by atoms with Gasteiger partial charge in [0.1, 0.15) is 5.75 Å². The molecule has 5 rings (SSSR count). The highest BCUT2D eigenvalue weighted by molar-refractivity contribution is 7.80. The first kappa shape index (κ1) is 26.4. The molecule has 1 saturated heterocycles. The lowest BCUT2D eigenvalue weighted by atomic mass is 9.96. The van der Waals surface area contributed by atoms with E-state index in [0.717, 1.165) is 45.3 Å². The minimum atomic E-state index is -0.150. The van der Waals surface area contributed by atoms with Gasteiger partial charge in [-0.15, -0.1) is 0 Å². The Labute approximate surface area is 234 Å². The molecule has 7 nitrogen and oxygen atoms in total. The van der Waals surface area contributed by atoms with Gasteiger partial charge in [0.25, 0.3) is 0 Å². The number of carbonyl (C=O) groups excluding carboxylic acids is 1. The quantitative estimate of drug-likeness (QED) is 0.276. The Hall–Kier alpha value is -4.17. The molecule has 2 atom stereocenters. The van der Waals surface area contributed by atoms with Crippen LogP contribution in [0, 0.1) is 20.8 Å². The van der Waals surface area contributed by atoms with Crippen LogP contribution in [0.1, 0.15) is 46.7 Å². The van der Waals surface area contributed by atoms with Crippen LogP contribution in [0.15, 0.2) is 79.0 Å². The lowest BCUT2D eigenvalue weighted by Gasteiger charge is -2.28. The van der Waals surface area contributed by atoms with E-state index in [1.54, 1.807) is 13.3 Å². The van der Waals surface area contributed by atoms with E-state index >= 15 is 0 Å². The average molecular weight is 540 g/mol. The Morgan fingerprint density at radius 3 is 2.54 bits per heavy atom. The predicted octanol–water partition coefficient (Wildman–Crippen LogP) is 5.81. The number of amides is 1. The number of nitrogens with one attached hydrogen (secondary N) is 2. The minimum absolute atomic E-state index is 0.0489. The summed E-state index contributed by atoms with van der Waals surface area (Å²) >= 11 is 5.83. The topological polar surface area (TPSA) is 71.4 Å². The van der Waals surface area contributed by atoms with Gasteiger partial charge in [0, 0.05) is 41.9 Å². The van der Waals surface area contributed by atoms with Crippen molar-refractivity contribution in [2.45, 2.75) is 39.3 Å². The number of anilines is 1. The van der Waals surface area contributed by atoms with E-state index in [1.165, 1.54) is 0 Å². The summed E-state index contributed by atoms with van der Waals surface area (Å²) in [7, 11) is 1.67. The third-order valence-electron chi connectivity index (χ3n) is 7.20. The highest BCUT2D eigenvalue weighted by Gasteiger charge is 2.41. The van der Waals surface area contributed by atoms with Crippen molar-refractivity contribution in [1.82, 2.24) is 19.8 Å². The predicted molar refractivity (Wildman–Crippen MR) is 158 cm³/mol. The maximum absolute atomic E-state index is 12.9. The standard InChI is InChI=1S/C31H33N5O2S/c1-20-8-7-9-23(18-20)33-28(37)15-17-35-30(29(34-31(35)39)27-10-5-6-16-32-27)26-19-21(2)36(22(26)3)24-11-13-25(38-4)14-12-24/h5-14,16,18-19,29-30H,15,17H2,1-4H3,(H,33,37)(H,34,39)/t29-,30-/m0/s1. The highest BCUT2D eigenvalue weighted by Crippen LogP contribution is 2.41. The summed E-state index contributed by atoms with van der Waals surface area (Å²) in [5.74, 6) is 0.768. The number of aromatic nitrogens is 2. The minimum Gasteiger partial charge on any atom is -0.497 e. The number of nitrogens with zero attached hydrogens (tertiary/aromatic N) is 3. The fraction of sp³-hybridized carbons (Fsp3) is 0.258. The third-order valence-corrected chi connectivity index (χ3v) is 7.55. The van der Waals surface area contributed by atoms with E-state index in [1.807, 2.05) is 61.5 Å². The second-order valence-electron chi connectivity index (χ2n) is 9.85. The maximum atomic E-state index is 12.9. The first-order chi connectivity index (χ1) is 18.9. The van der Waals surface area contributed by atoms with Crippen molar-refractivity contribution >= 4 is 28.9 Å². The molecule has 200 valence electrons. The van der Waals surface area contributed by atoms with Crippen molar-refractivity contribution in [2.75, 3.05) is 19.0 Å². The average Bonchev–Trinajstić information content (AvgIpc) is 3.42. The van der Waals surface area contributed by atoms with Gasteiger partial charge in [-0.2, -0.15) is 0 Å². The van der Waals surface area contributed by atoms with Crippen molar-refractivity contribution in [3.63, 3.8) is 0 Å². The molecule has 0 radical (unpaired) electrons. The van der Waals surface area contributed by atoms with Gasteiger partial charge in [-0.25, -0.2) is 0 Å². The third kappa shape index (κ3) is 5.52. The Kier molecular flexibility index (Phi) is 7.65. The van der Waals surface area contributed by atoms with Crippen LogP contribution in [0.5, 0.6) is 5.75 Å². The van der Waals surface area contributed by atoms with E-state index in [-0.39, 0.29) is 18.0 Å². The number of hydrogen-bond acceptors (Lipinski definition) is 4. The molecule has 0 saturated carbocycles. The second-order valence-corrected chi connectivity index (χ2v) is 10.2. The molecule has 0 bridgehead atoms. The van der Waals surface area contributed by atoms with Gasteiger partial charge >= 0.3 is 0 Å². The van der Waals surface area contributed by atoms with Gasteiger partial charge < -0.3 is 24.8 Å². The van der Waals surface area contributed by atoms with Crippen LogP contribution in [-0.2, 0) is 4.79 Å². The summed E-state index contributed by atoms with van der Waals surface area (Å²) in [4.78, 5) is 19.7. The zero-order valence-corrected chi connectivity index (χ0v) is 23.5. The molecule has 39 heavy (non-hydrogen) atoms.